The number of hydrogen-bond acceptors (Lipinski definition) is 6. The maximum absolute atomic E-state index is 5.87. The molecule has 0 radical (unpaired) electrons. The van der Waals surface area contributed by atoms with Gasteiger partial charge in [-0.05, 0) is 35.6 Å². The molecule has 7 heteroatoms. The molecule has 0 aliphatic carbocycles. The van der Waals surface area contributed by atoms with Gasteiger partial charge in [-0.3, -0.25) is 0 Å². The highest BCUT2D eigenvalue weighted by Crippen LogP contribution is 2.21. The summed E-state index contributed by atoms with van der Waals surface area (Å²) >= 11 is 2.11. The Morgan fingerprint density at radius 3 is 2.78 bits per heavy atom. The van der Waals surface area contributed by atoms with Crippen molar-refractivity contribution >= 4 is 28.4 Å². The molecule has 0 amide bonds. The van der Waals surface area contributed by atoms with Gasteiger partial charge in [0.05, 0.1) is 15.9 Å². The van der Waals surface area contributed by atoms with E-state index in [1.165, 1.54) is 0 Å². The molecule has 2 heterocycles. The van der Waals surface area contributed by atoms with Gasteiger partial charge >= 0.3 is 0 Å². The van der Waals surface area contributed by atoms with Crippen LogP contribution in [0, 0.1) is 10.5 Å². The zero-order chi connectivity index (χ0) is 13.1. The molecular weight excluding hydrogens is 345 g/mol. The zero-order valence-corrected chi connectivity index (χ0v) is 12.2. The molecule has 2 aromatic rings. The number of rotatable bonds is 3. The number of aromatic nitrogens is 4. The third-order valence-corrected chi connectivity index (χ3v) is 3.41. The van der Waals surface area contributed by atoms with Crippen molar-refractivity contribution in [1.82, 2.24) is 19.9 Å². The molecule has 0 saturated carbocycles. The van der Waals surface area contributed by atoms with Crippen molar-refractivity contribution in [3.63, 3.8) is 0 Å². The first kappa shape index (κ1) is 13.1. The Balaban J connectivity index is 2.51. The second kappa shape index (κ2) is 5.53. The highest BCUT2D eigenvalue weighted by molar-refractivity contribution is 14.1. The molecule has 18 heavy (non-hydrogen) atoms. The van der Waals surface area contributed by atoms with Crippen LogP contribution in [0.5, 0.6) is 0 Å². The minimum atomic E-state index is 0.391. The summed E-state index contributed by atoms with van der Waals surface area (Å²) in [4.78, 5) is 17.0. The highest BCUT2D eigenvalue weighted by Gasteiger charge is 2.12. The van der Waals surface area contributed by atoms with E-state index in [4.69, 9.17) is 10.5 Å². The summed E-state index contributed by atoms with van der Waals surface area (Å²) in [6, 6.07) is 1.76. The minimum absolute atomic E-state index is 0.391. The van der Waals surface area contributed by atoms with Crippen LogP contribution in [0.2, 0.25) is 0 Å². The summed E-state index contributed by atoms with van der Waals surface area (Å²) in [5.74, 6) is 1.59. The molecule has 2 N–H and O–H groups in total. The normalized spacial score (nSPS) is 10.6. The molecule has 0 aliphatic heterocycles. The molecule has 0 bridgehead atoms. The fourth-order valence-electron chi connectivity index (χ4n) is 1.44. The van der Waals surface area contributed by atoms with E-state index in [2.05, 4.69) is 42.5 Å². The van der Waals surface area contributed by atoms with Gasteiger partial charge in [-0.1, -0.05) is 0 Å². The van der Waals surface area contributed by atoms with E-state index < -0.39 is 0 Å². The zero-order valence-electron chi connectivity index (χ0n) is 10.0. The second-order valence-electron chi connectivity index (χ2n) is 3.62. The molecule has 0 spiro atoms. The molecule has 0 fully saturated rings. The molecule has 0 saturated heterocycles. The van der Waals surface area contributed by atoms with Gasteiger partial charge in [0.2, 0.25) is 0 Å². The fraction of sp³-hybridized carbons (Fsp3) is 0.273. The molecular formula is C11H12IN5O. The lowest BCUT2D eigenvalue weighted by Gasteiger charge is -2.08. The van der Waals surface area contributed by atoms with Crippen LogP contribution in [0.25, 0.3) is 11.5 Å². The summed E-state index contributed by atoms with van der Waals surface area (Å²) in [5, 5.41) is 0. The standard InChI is InChI=1S/C11H12IN5O/c1-6-14-4-3-7(15-6)11-16-8(5-18-2)9(12)10(13)17-11/h3-4H,5H2,1-2H3,(H2,13,16,17). The van der Waals surface area contributed by atoms with Crippen molar-refractivity contribution in [3.8, 4) is 11.5 Å². The lowest BCUT2D eigenvalue weighted by Crippen LogP contribution is -2.06. The maximum atomic E-state index is 5.87. The van der Waals surface area contributed by atoms with Gasteiger partial charge in [0.25, 0.3) is 0 Å². The lowest BCUT2D eigenvalue weighted by atomic mass is 10.3. The van der Waals surface area contributed by atoms with Crippen LogP contribution in [-0.4, -0.2) is 27.0 Å². The Kier molecular flexibility index (Phi) is 4.02. The van der Waals surface area contributed by atoms with Gasteiger partial charge in [-0.2, -0.15) is 0 Å². The molecule has 2 rings (SSSR count). The molecule has 0 unspecified atom stereocenters. The van der Waals surface area contributed by atoms with Crippen molar-refractivity contribution in [2.75, 3.05) is 12.8 Å². The van der Waals surface area contributed by atoms with E-state index in [0.717, 1.165) is 9.26 Å². The molecule has 94 valence electrons. The summed E-state index contributed by atoms with van der Waals surface area (Å²) in [5.41, 5.74) is 7.29. The third-order valence-electron chi connectivity index (χ3n) is 2.23. The van der Waals surface area contributed by atoms with Crippen molar-refractivity contribution < 1.29 is 4.74 Å². The number of halogens is 1. The Morgan fingerprint density at radius 1 is 1.33 bits per heavy atom. The van der Waals surface area contributed by atoms with Gasteiger partial charge in [0.15, 0.2) is 5.82 Å². The molecule has 6 nitrogen and oxygen atoms in total. The average Bonchev–Trinajstić information content (AvgIpc) is 2.35. The third kappa shape index (κ3) is 2.72. The van der Waals surface area contributed by atoms with E-state index in [1.807, 2.05) is 6.92 Å². The van der Waals surface area contributed by atoms with Crippen LogP contribution in [0.4, 0.5) is 5.82 Å². The van der Waals surface area contributed by atoms with E-state index >= 15 is 0 Å². The van der Waals surface area contributed by atoms with Gasteiger partial charge in [-0.15, -0.1) is 0 Å². The van der Waals surface area contributed by atoms with E-state index in [1.54, 1.807) is 19.4 Å². The van der Waals surface area contributed by atoms with E-state index in [0.29, 0.717) is 29.8 Å². The van der Waals surface area contributed by atoms with Crippen LogP contribution in [0.3, 0.4) is 0 Å². The second-order valence-corrected chi connectivity index (χ2v) is 4.69. The first-order chi connectivity index (χ1) is 8.61. The summed E-state index contributed by atoms with van der Waals surface area (Å²) in [7, 11) is 1.61. The van der Waals surface area contributed by atoms with Gasteiger partial charge < -0.3 is 10.5 Å². The molecule has 2 aromatic heterocycles. The van der Waals surface area contributed by atoms with Crippen LogP contribution < -0.4 is 5.73 Å². The lowest BCUT2D eigenvalue weighted by molar-refractivity contribution is 0.181. The number of hydrogen-bond donors (Lipinski definition) is 1. The summed E-state index contributed by atoms with van der Waals surface area (Å²) < 4.78 is 5.90. The number of aryl methyl sites for hydroxylation is 1. The summed E-state index contributed by atoms with van der Waals surface area (Å²) in [6.07, 6.45) is 1.67. The van der Waals surface area contributed by atoms with Crippen molar-refractivity contribution in [2.45, 2.75) is 13.5 Å². The van der Waals surface area contributed by atoms with E-state index in [9.17, 15) is 0 Å². The number of ether oxygens (including phenoxy) is 1. The SMILES string of the molecule is COCc1nc(-c2ccnc(C)n2)nc(N)c1I. The highest BCUT2D eigenvalue weighted by atomic mass is 127. The summed E-state index contributed by atoms with van der Waals surface area (Å²) in [6.45, 7) is 2.21. The minimum Gasteiger partial charge on any atom is -0.383 e. The van der Waals surface area contributed by atoms with Crippen molar-refractivity contribution in [1.29, 1.82) is 0 Å². The van der Waals surface area contributed by atoms with E-state index in [-0.39, 0.29) is 0 Å². The number of anilines is 1. The molecule has 0 aliphatic rings. The van der Waals surface area contributed by atoms with Crippen molar-refractivity contribution in [2.24, 2.45) is 0 Å². The van der Waals surface area contributed by atoms with Gasteiger partial charge in [0, 0.05) is 13.3 Å². The predicted molar refractivity (Wildman–Crippen MR) is 75.6 cm³/mol. The smallest absolute Gasteiger partial charge is 0.180 e. The number of nitrogens with two attached hydrogens (primary N) is 1. The van der Waals surface area contributed by atoms with Crippen LogP contribution in [0.15, 0.2) is 12.3 Å². The largest absolute Gasteiger partial charge is 0.383 e. The van der Waals surface area contributed by atoms with Crippen LogP contribution in [-0.2, 0) is 11.3 Å². The average molecular weight is 357 g/mol. The van der Waals surface area contributed by atoms with Crippen LogP contribution >= 0.6 is 22.6 Å². The first-order valence-electron chi connectivity index (χ1n) is 5.22. The topological polar surface area (TPSA) is 86.8 Å². The van der Waals surface area contributed by atoms with Gasteiger partial charge in [0.1, 0.15) is 17.3 Å². The Hall–Kier alpha value is -1.35. The fourth-order valence-corrected chi connectivity index (χ4v) is 1.84. The van der Waals surface area contributed by atoms with Crippen LogP contribution in [0.1, 0.15) is 11.5 Å². The quantitative estimate of drug-likeness (QED) is 0.840. The Morgan fingerprint density at radius 2 is 2.11 bits per heavy atom. The Bertz CT molecular complexity index is 575. The molecule has 0 aromatic carbocycles. The monoisotopic (exact) mass is 357 g/mol. The first-order valence-corrected chi connectivity index (χ1v) is 6.30. The van der Waals surface area contributed by atoms with Crippen molar-refractivity contribution in [3.05, 3.63) is 27.4 Å². The molecule has 0 atom stereocenters. The van der Waals surface area contributed by atoms with Gasteiger partial charge in [-0.25, -0.2) is 19.9 Å². The maximum Gasteiger partial charge on any atom is 0.180 e. The predicted octanol–water partition coefficient (Wildman–Crippen LogP) is 1.58. The number of methoxy groups -OCH3 is 1. The number of nitrogens with zero attached hydrogens (tertiary/aromatic N) is 4. The Labute approximate surface area is 118 Å². The number of nitrogen functional groups attached to an aromatic ring is 1.